The number of nitrogens with one attached hydrogen (secondary N) is 2. The molecule has 0 spiro atoms. The van der Waals surface area contributed by atoms with Gasteiger partial charge < -0.3 is 15.8 Å². The summed E-state index contributed by atoms with van der Waals surface area (Å²) in [4.78, 5) is 25.5. The molecule has 0 saturated heterocycles. The Morgan fingerprint density at radius 1 is 1.50 bits per heavy atom. The molecule has 0 fully saturated rings. The van der Waals surface area contributed by atoms with Crippen molar-refractivity contribution in [2.75, 3.05) is 43.3 Å². The van der Waals surface area contributed by atoms with Crippen LogP contribution in [0.2, 0.25) is 0 Å². The summed E-state index contributed by atoms with van der Waals surface area (Å²) in [5, 5.41) is 2.94. The van der Waals surface area contributed by atoms with E-state index in [1.807, 2.05) is 6.26 Å². The highest BCUT2D eigenvalue weighted by Gasteiger charge is 2.11. The molecule has 0 aliphatic carbocycles. The van der Waals surface area contributed by atoms with Crippen molar-refractivity contribution in [3.8, 4) is 0 Å². The second kappa shape index (κ2) is 7.12. The summed E-state index contributed by atoms with van der Waals surface area (Å²) in [5.41, 5.74) is 5.05. The number of H-pyrrole nitrogens is 1. The maximum atomic E-state index is 11.6. The van der Waals surface area contributed by atoms with Gasteiger partial charge in [0, 0.05) is 19.4 Å². The van der Waals surface area contributed by atoms with E-state index in [2.05, 4.69) is 10.3 Å². The normalized spacial score (nSPS) is 10.6. The topological polar surface area (TPSA) is 102 Å². The van der Waals surface area contributed by atoms with Crippen LogP contribution in [0, 0.1) is 0 Å². The van der Waals surface area contributed by atoms with Crippen molar-refractivity contribution in [2.45, 2.75) is 6.54 Å². The Bertz CT molecular complexity index is 497. The van der Waals surface area contributed by atoms with E-state index >= 15 is 0 Å². The van der Waals surface area contributed by atoms with E-state index < -0.39 is 11.2 Å². The molecule has 1 heterocycles. The van der Waals surface area contributed by atoms with Gasteiger partial charge in [0.15, 0.2) is 0 Å². The van der Waals surface area contributed by atoms with Gasteiger partial charge in [0.05, 0.1) is 13.2 Å². The van der Waals surface area contributed by atoms with Crippen LogP contribution in [0.4, 0.5) is 11.5 Å². The number of nitrogens with two attached hydrogens (primary N) is 1. The third-order valence-electron chi connectivity index (χ3n) is 2.37. The van der Waals surface area contributed by atoms with Gasteiger partial charge in [0.1, 0.15) is 11.5 Å². The number of hydrogen-bond acceptors (Lipinski definition) is 6. The molecular weight excluding hydrogens is 256 g/mol. The molecule has 102 valence electrons. The number of nitrogen functional groups attached to an aromatic ring is 1. The number of hydrogen-bond donors (Lipinski definition) is 3. The van der Waals surface area contributed by atoms with E-state index in [-0.39, 0.29) is 11.5 Å². The van der Waals surface area contributed by atoms with E-state index in [9.17, 15) is 9.59 Å². The lowest BCUT2D eigenvalue weighted by molar-refractivity contribution is 0.186. The third kappa shape index (κ3) is 3.54. The average molecular weight is 274 g/mol. The van der Waals surface area contributed by atoms with Crippen molar-refractivity contribution in [3.63, 3.8) is 0 Å². The summed E-state index contributed by atoms with van der Waals surface area (Å²) < 4.78 is 6.18. The van der Waals surface area contributed by atoms with E-state index in [1.165, 1.54) is 11.7 Å². The Morgan fingerprint density at radius 2 is 2.22 bits per heavy atom. The van der Waals surface area contributed by atoms with Gasteiger partial charge in [-0.2, -0.15) is 11.8 Å². The Labute approximate surface area is 109 Å². The molecule has 7 nitrogen and oxygen atoms in total. The van der Waals surface area contributed by atoms with Crippen LogP contribution in [0.25, 0.3) is 0 Å². The molecule has 0 aliphatic heterocycles. The van der Waals surface area contributed by atoms with Crippen molar-refractivity contribution in [2.24, 2.45) is 0 Å². The SMILES string of the molecule is COCCn1c(N)c(NCCSC)c(=O)[nH]c1=O. The molecule has 1 aromatic rings. The smallest absolute Gasteiger partial charge is 0.330 e. The fraction of sp³-hybridized carbons (Fsp3) is 0.600. The minimum atomic E-state index is -0.523. The van der Waals surface area contributed by atoms with Gasteiger partial charge in [-0.25, -0.2) is 4.79 Å². The minimum Gasteiger partial charge on any atom is -0.383 e. The molecule has 18 heavy (non-hydrogen) atoms. The number of ether oxygens (including phenoxy) is 1. The first-order valence-corrected chi connectivity index (χ1v) is 6.85. The van der Waals surface area contributed by atoms with Crippen molar-refractivity contribution in [3.05, 3.63) is 20.8 Å². The quantitative estimate of drug-likeness (QED) is 0.582. The number of rotatable bonds is 7. The first-order valence-electron chi connectivity index (χ1n) is 5.46. The van der Waals surface area contributed by atoms with Gasteiger partial charge in [-0.15, -0.1) is 0 Å². The number of anilines is 2. The van der Waals surface area contributed by atoms with Crippen molar-refractivity contribution in [1.82, 2.24) is 9.55 Å². The van der Waals surface area contributed by atoms with Crippen LogP contribution in [-0.4, -0.2) is 41.8 Å². The third-order valence-corrected chi connectivity index (χ3v) is 2.98. The summed E-state index contributed by atoms with van der Waals surface area (Å²) in [7, 11) is 1.53. The molecule has 0 amide bonds. The molecule has 1 rings (SSSR count). The maximum absolute atomic E-state index is 11.6. The first-order chi connectivity index (χ1) is 8.61. The predicted molar refractivity (Wildman–Crippen MR) is 74.5 cm³/mol. The zero-order valence-electron chi connectivity index (χ0n) is 10.5. The van der Waals surface area contributed by atoms with Crippen LogP contribution in [0.5, 0.6) is 0 Å². The standard InChI is InChI=1S/C10H18N4O3S/c1-17-5-4-14-8(11)7(12-3-6-18-2)9(15)13-10(14)16/h12H,3-6,11H2,1-2H3,(H,13,15,16). The summed E-state index contributed by atoms with van der Waals surface area (Å²) in [5.74, 6) is 0.984. The second-order valence-corrected chi connectivity index (χ2v) is 4.57. The zero-order chi connectivity index (χ0) is 13.5. The summed E-state index contributed by atoms with van der Waals surface area (Å²) >= 11 is 1.65. The highest BCUT2D eigenvalue weighted by atomic mass is 32.2. The van der Waals surface area contributed by atoms with Crippen LogP contribution in [0.3, 0.4) is 0 Å². The van der Waals surface area contributed by atoms with Crippen molar-refractivity contribution >= 4 is 23.3 Å². The van der Waals surface area contributed by atoms with Crippen LogP contribution in [-0.2, 0) is 11.3 Å². The molecule has 4 N–H and O–H groups in total. The summed E-state index contributed by atoms with van der Waals surface area (Å²) in [6, 6.07) is 0. The molecule has 0 bridgehead atoms. The zero-order valence-corrected chi connectivity index (χ0v) is 11.3. The van der Waals surface area contributed by atoms with Gasteiger partial charge in [0.25, 0.3) is 5.56 Å². The van der Waals surface area contributed by atoms with Gasteiger partial charge in [-0.1, -0.05) is 0 Å². The highest BCUT2D eigenvalue weighted by Crippen LogP contribution is 2.09. The Morgan fingerprint density at radius 3 is 2.83 bits per heavy atom. The first kappa shape index (κ1) is 14.7. The van der Waals surface area contributed by atoms with Crippen molar-refractivity contribution in [1.29, 1.82) is 0 Å². The molecule has 0 radical (unpaired) electrons. The molecule has 0 atom stereocenters. The maximum Gasteiger partial charge on any atom is 0.330 e. The Kier molecular flexibility index (Phi) is 5.79. The second-order valence-electron chi connectivity index (χ2n) is 3.58. The lowest BCUT2D eigenvalue weighted by atomic mass is 10.4. The predicted octanol–water partition coefficient (Wildman–Crippen LogP) is -0.460. The fourth-order valence-corrected chi connectivity index (χ4v) is 1.75. The van der Waals surface area contributed by atoms with Gasteiger partial charge in [-0.3, -0.25) is 14.3 Å². The van der Waals surface area contributed by atoms with Crippen LogP contribution in [0.1, 0.15) is 0 Å². The monoisotopic (exact) mass is 274 g/mol. The van der Waals surface area contributed by atoms with Gasteiger partial charge in [-0.05, 0) is 6.26 Å². The van der Waals surface area contributed by atoms with E-state index in [4.69, 9.17) is 10.5 Å². The number of thioether (sulfide) groups is 1. The van der Waals surface area contributed by atoms with E-state index in [0.717, 1.165) is 5.75 Å². The van der Waals surface area contributed by atoms with Crippen LogP contribution >= 0.6 is 11.8 Å². The van der Waals surface area contributed by atoms with E-state index in [1.54, 1.807) is 11.8 Å². The molecular formula is C10H18N4O3S. The fourth-order valence-electron chi connectivity index (χ4n) is 1.44. The minimum absolute atomic E-state index is 0.141. The molecule has 0 unspecified atom stereocenters. The Hall–Kier alpha value is -1.41. The molecule has 8 heteroatoms. The average Bonchev–Trinajstić information content (AvgIpc) is 2.33. The van der Waals surface area contributed by atoms with E-state index in [0.29, 0.717) is 19.7 Å². The molecule has 0 aromatic carbocycles. The molecule has 0 aliphatic rings. The number of aromatic amines is 1. The number of nitrogens with zero attached hydrogens (tertiary/aromatic N) is 1. The van der Waals surface area contributed by atoms with Gasteiger partial charge >= 0.3 is 5.69 Å². The largest absolute Gasteiger partial charge is 0.383 e. The summed E-state index contributed by atoms with van der Waals surface area (Å²) in [6.07, 6.45) is 1.97. The number of methoxy groups -OCH3 is 1. The van der Waals surface area contributed by atoms with Gasteiger partial charge in [0.2, 0.25) is 0 Å². The number of aromatic nitrogens is 2. The summed E-state index contributed by atoms with van der Waals surface area (Å²) in [6.45, 7) is 1.26. The lowest BCUT2D eigenvalue weighted by Gasteiger charge is -2.13. The highest BCUT2D eigenvalue weighted by molar-refractivity contribution is 7.98. The molecule has 1 aromatic heterocycles. The molecule has 0 saturated carbocycles. The van der Waals surface area contributed by atoms with Crippen LogP contribution in [0.15, 0.2) is 9.59 Å². The lowest BCUT2D eigenvalue weighted by Crippen LogP contribution is -2.35. The van der Waals surface area contributed by atoms with Crippen LogP contribution < -0.4 is 22.3 Å². The Balaban J connectivity index is 3.02. The van der Waals surface area contributed by atoms with Crippen molar-refractivity contribution < 1.29 is 4.74 Å².